The molecule has 0 amide bonds. The van der Waals surface area contributed by atoms with Gasteiger partial charge in [-0.15, -0.1) is 23.7 Å². The summed E-state index contributed by atoms with van der Waals surface area (Å²) in [4.78, 5) is 4.63. The van der Waals surface area contributed by atoms with Crippen molar-refractivity contribution in [1.29, 1.82) is 0 Å². The van der Waals surface area contributed by atoms with Crippen LogP contribution in [0.1, 0.15) is 18.2 Å². The van der Waals surface area contributed by atoms with Crippen molar-refractivity contribution in [2.45, 2.75) is 6.92 Å². The molecule has 3 aromatic rings. The van der Waals surface area contributed by atoms with Crippen LogP contribution in [-0.2, 0) is 32.7 Å². The Morgan fingerprint density at radius 1 is 1.18 bits per heavy atom. The third-order valence-corrected chi connectivity index (χ3v) is 3.26. The second-order valence-corrected chi connectivity index (χ2v) is 4.54. The van der Waals surface area contributed by atoms with Crippen LogP contribution in [0.3, 0.4) is 0 Å². The molecule has 3 rings (SSSR count). The summed E-state index contributed by atoms with van der Waals surface area (Å²) in [6.45, 7) is 5.84. The Bertz CT molecular complexity index is 788. The van der Waals surface area contributed by atoms with Crippen molar-refractivity contribution >= 4 is 23.1 Å². The Balaban J connectivity index is 0.00000121. The zero-order valence-corrected chi connectivity index (χ0v) is 18.3. The predicted molar refractivity (Wildman–Crippen MR) is 85.2 cm³/mol. The molecule has 0 N–H and O–H groups in total. The van der Waals surface area contributed by atoms with Gasteiger partial charge in [0, 0.05) is 47.0 Å². The Morgan fingerprint density at radius 3 is 2.64 bits per heavy atom. The van der Waals surface area contributed by atoms with E-state index in [0.29, 0.717) is 0 Å². The SMILES string of the molecule is C=Cc1[n-]c2cc(-c3[c-]cccc3)[c-]cc2c1/C=C\C.[Am].[Y]. The van der Waals surface area contributed by atoms with Gasteiger partial charge in [0.05, 0.1) is 0 Å². The fourth-order valence-corrected chi connectivity index (χ4v) is 2.33. The molecule has 22 heavy (non-hydrogen) atoms. The molecule has 3 heteroatoms. The van der Waals surface area contributed by atoms with Crippen LogP contribution in [0.4, 0.5) is 0 Å². The fraction of sp³-hybridized carbons (Fsp3) is 0.0526. The average molecular weight is 588 g/mol. The van der Waals surface area contributed by atoms with Gasteiger partial charge in [0.25, 0.3) is 0 Å². The van der Waals surface area contributed by atoms with E-state index >= 15 is 0 Å². The smallest absolute Gasteiger partial charge is 0 e. The first-order valence-electron chi connectivity index (χ1n) is 6.58. The first-order valence-corrected chi connectivity index (χ1v) is 6.58. The minimum Gasteiger partial charge on any atom is -0.674 e. The number of aromatic nitrogens is 1. The minimum atomic E-state index is 0. The molecule has 108 valence electrons. The molecule has 0 fully saturated rings. The van der Waals surface area contributed by atoms with Gasteiger partial charge in [-0.05, 0) is 6.92 Å². The summed E-state index contributed by atoms with van der Waals surface area (Å²) in [6.07, 6.45) is 5.88. The van der Waals surface area contributed by atoms with E-state index in [1.54, 1.807) is 6.08 Å². The molecule has 0 saturated carbocycles. The molecule has 0 aliphatic rings. The van der Waals surface area contributed by atoms with E-state index in [1.165, 1.54) is 0 Å². The molecular formula is C19H14AmNY-3. The largest absolute Gasteiger partial charge is 0.674 e. The number of benzene rings is 2. The van der Waals surface area contributed by atoms with Gasteiger partial charge < -0.3 is 4.98 Å². The molecule has 0 saturated heterocycles. The molecule has 0 aliphatic heterocycles. The van der Waals surface area contributed by atoms with Crippen molar-refractivity contribution in [1.82, 2.24) is 4.98 Å². The van der Waals surface area contributed by atoms with Gasteiger partial charge >= 0.3 is 0 Å². The summed E-state index contributed by atoms with van der Waals surface area (Å²) >= 11 is 0. The van der Waals surface area contributed by atoms with Gasteiger partial charge in [0.1, 0.15) is 0 Å². The molecular weight excluding hydrogens is 574 g/mol. The van der Waals surface area contributed by atoms with Gasteiger partial charge in [0.15, 0.2) is 0 Å². The van der Waals surface area contributed by atoms with Crippen molar-refractivity contribution in [3.8, 4) is 11.1 Å². The Labute approximate surface area is 164 Å². The summed E-state index contributed by atoms with van der Waals surface area (Å²) in [6, 6.07) is 18.5. The standard InChI is InChI=1S/C19H14N.Am.Y/c1-3-8-16-17-12-11-15(14-9-6-5-7-10-14)13-19(17)20-18(16)4-2;;/h3-9,12-13H,2H2,1H3;;/q-3;;/b8-3-;;. The molecule has 0 spiro atoms. The number of hydrogen-bond donors (Lipinski definition) is 0. The second kappa shape index (κ2) is 8.55. The first kappa shape index (κ1) is 19.0. The van der Waals surface area contributed by atoms with Gasteiger partial charge in [-0.25, -0.2) is 22.7 Å². The number of hydrogen-bond acceptors (Lipinski definition) is 0. The van der Waals surface area contributed by atoms with Crippen molar-refractivity contribution in [3.05, 3.63) is 72.4 Å². The minimum absolute atomic E-state index is 0. The van der Waals surface area contributed by atoms with E-state index in [0.717, 1.165) is 33.3 Å². The van der Waals surface area contributed by atoms with E-state index in [2.05, 4.69) is 35.8 Å². The predicted octanol–water partition coefficient (Wildman–Crippen LogP) is 4.74. The Kier molecular flexibility index (Phi) is 7.39. The molecule has 2 aromatic carbocycles. The van der Waals surface area contributed by atoms with E-state index in [4.69, 9.17) is 0 Å². The summed E-state index contributed by atoms with van der Waals surface area (Å²) in [5.41, 5.74) is 5.04. The van der Waals surface area contributed by atoms with Gasteiger partial charge in [0.2, 0.25) is 0 Å². The molecule has 1 heterocycles. The zero-order chi connectivity index (χ0) is 13.9. The van der Waals surface area contributed by atoms with Crippen molar-refractivity contribution in [2.75, 3.05) is 0 Å². The number of fused-ring (bicyclic) bond motifs is 1. The molecule has 2 radical (unpaired) electrons. The van der Waals surface area contributed by atoms with Crippen LogP contribution < -0.4 is 4.98 Å². The maximum absolute atomic E-state index is 4.63. The summed E-state index contributed by atoms with van der Waals surface area (Å²) in [5, 5.41) is 1.11. The average Bonchev–Trinajstić information content (AvgIpc) is 2.86. The van der Waals surface area contributed by atoms with E-state index in [9.17, 15) is 0 Å². The Morgan fingerprint density at radius 2 is 2.00 bits per heavy atom. The normalized spacial score (nSPS) is 10.2. The van der Waals surface area contributed by atoms with Crippen molar-refractivity contribution < 1.29 is 47.0 Å². The maximum atomic E-state index is 4.63. The zero-order valence-electron chi connectivity index (χ0n) is 12.3. The van der Waals surface area contributed by atoms with Gasteiger partial charge in [-0.1, -0.05) is 23.8 Å². The Hall–Kier alpha value is -1.05. The molecule has 1 aromatic heterocycles. The van der Waals surface area contributed by atoms with Crippen LogP contribution in [-0.4, -0.2) is 0 Å². The fourth-order valence-electron chi connectivity index (χ4n) is 2.33. The van der Waals surface area contributed by atoms with E-state index in [-0.39, 0.29) is 47.0 Å². The topological polar surface area (TPSA) is 14.1 Å². The van der Waals surface area contributed by atoms with Crippen LogP contribution >= 0.6 is 0 Å². The van der Waals surface area contributed by atoms with Crippen LogP contribution in [0.2, 0.25) is 0 Å². The van der Waals surface area contributed by atoms with Crippen LogP contribution in [0.25, 0.3) is 34.2 Å². The molecule has 0 unspecified atom stereocenters. The monoisotopic (exact) mass is 586 g/mol. The number of allylic oxidation sites excluding steroid dienone is 1. The van der Waals surface area contributed by atoms with Gasteiger partial charge in [-0.2, -0.15) is 36.4 Å². The quantitative estimate of drug-likeness (QED) is 0.404. The third kappa shape index (κ3) is 3.64. The van der Waals surface area contributed by atoms with Crippen molar-refractivity contribution in [3.63, 3.8) is 0 Å². The van der Waals surface area contributed by atoms with E-state index in [1.807, 2.05) is 43.3 Å². The summed E-state index contributed by atoms with van der Waals surface area (Å²) < 4.78 is 0. The van der Waals surface area contributed by atoms with Crippen LogP contribution in [0.5, 0.6) is 0 Å². The van der Waals surface area contributed by atoms with Crippen LogP contribution in [0, 0.1) is 26.4 Å². The summed E-state index contributed by atoms with van der Waals surface area (Å²) in [7, 11) is 0. The maximum Gasteiger partial charge on any atom is 0 e. The van der Waals surface area contributed by atoms with Crippen LogP contribution in [0.15, 0.2) is 49.1 Å². The van der Waals surface area contributed by atoms with Gasteiger partial charge in [-0.3, -0.25) is 0 Å². The van der Waals surface area contributed by atoms with Crippen molar-refractivity contribution in [2.24, 2.45) is 0 Å². The third-order valence-electron chi connectivity index (χ3n) is 3.26. The first-order chi connectivity index (χ1) is 9.83. The number of rotatable bonds is 3. The molecule has 0 atom stereocenters. The molecule has 0 bridgehead atoms. The summed E-state index contributed by atoms with van der Waals surface area (Å²) in [5.74, 6) is 0. The second-order valence-electron chi connectivity index (χ2n) is 4.54. The number of nitrogens with zero attached hydrogens (tertiary/aromatic N) is 1. The molecule has 0 aliphatic carbocycles. The van der Waals surface area contributed by atoms with E-state index < -0.39 is 0 Å². The molecule has 1 nitrogen and oxygen atoms in total.